The number of rotatable bonds is 11. The van der Waals surface area contributed by atoms with Gasteiger partial charge in [0, 0.05) is 36.2 Å². The van der Waals surface area contributed by atoms with E-state index >= 15 is 0 Å². The molecule has 2 N–H and O–H groups in total. The highest BCUT2D eigenvalue weighted by Crippen LogP contribution is 2.35. The zero-order valence-corrected chi connectivity index (χ0v) is 29.1. The van der Waals surface area contributed by atoms with E-state index < -0.39 is 35.8 Å². The number of carbonyl (C=O) groups is 4. The van der Waals surface area contributed by atoms with Crippen LogP contribution in [0.5, 0.6) is 5.75 Å². The van der Waals surface area contributed by atoms with Gasteiger partial charge in [-0.1, -0.05) is 60.1 Å². The first-order valence-electron chi connectivity index (χ1n) is 16.4. The second kappa shape index (κ2) is 14.7. The Morgan fingerprint density at radius 3 is 2.47 bits per heavy atom. The van der Waals surface area contributed by atoms with Gasteiger partial charge in [0.25, 0.3) is 11.8 Å². The number of alkyl halides is 1. The van der Waals surface area contributed by atoms with Gasteiger partial charge in [0.15, 0.2) is 0 Å². The molecule has 4 amide bonds. The molecule has 0 spiro atoms. The van der Waals surface area contributed by atoms with E-state index in [0.717, 1.165) is 24.9 Å². The van der Waals surface area contributed by atoms with Crippen LogP contribution in [0.1, 0.15) is 74.8 Å². The van der Waals surface area contributed by atoms with Gasteiger partial charge < -0.3 is 25.2 Å². The van der Waals surface area contributed by atoms with Crippen molar-refractivity contribution >= 4 is 39.6 Å². The smallest absolute Gasteiger partial charge is 0.316 e. The number of amides is 4. The number of ether oxygens (including phenoxy) is 1. The van der Waals surface area contributed by atoms with E-state index in [2.05, 4.69) is 50.6 Å². The zero-order chi connectivity index (χ0) is 33.9. The predicted molar refractivity (Wildman–Crippen MR) is 179 cm³/mol. The lowest BCUT2D eigenvalue weighted by molar-refractivity contribution is -0.146. The van der Waals surface area contributed by atoms with Gasteiger partial charge in [-0.3, -0.25) is 24.1 Å². The molecule has 47 heavy (non-hydrogen) atoms. The van der Waals surface area contributed by atoms with Crippen molar-refractivity contribution in [3.8, 4) is 5.75 Å². The molecule has 1 aliphatic carbocycles. The Labute approximate surface area is 284 Å². The monoisotopic (exact) mass is 713 g/mol. The number of likely N-dealkylation sites (N-methyl/N-ethyl adjacent to an activating group) is 1. The zero-order valence-electron chi connectivity index (χ0n) is 27.5. The Bertz CT molecular complexity index is 1470. The van der Waals surface area contributed by atoms with Crippen LogP contribution in [0.3, 0.4) is 0 Å². The lowest BCUT2D eigenvalue weighted by Gasteiger charge is -2.41. The first-order chi connectivity index (χ1) is 22.3. The van der Waals surface area contributed by atoms with Crippen LogP contribution < -0.4 is 15.4 Å². The standard InChI is InChI=1S/C35H45BrFN5O5/c1-22(2)19-26(38-31(43)25-20-24(36)12-13-29(25)47-30(37)32(44)39-35(3)14-15-35)33(45)42-16-8-11-27(42)34(46)41-18-17-40(4)28(21-41)23-9-6-5-7-10-23/h5-7,9-10,12-13,20,22,26-28,30H,8,11,14-19,21H2,1-4H3,(H,38,43)(H,39,44)/t26-,27-,28-,30?/m1/s1. The third-order valence-electron chi connectivity index (χ3n) is 9.32. The van der Waals surface area contributed by atoms with Gasteiger partial charge in [-0.2, -0.15) is 4.39 Å². The second-order valence-corrected chi connectivity index (χ2v) is 14.6. The summed E-state index contributed by atoms with van der Waals surface area (Å²) in [4.78, 5) is 59.9. The highest BCUT2D eigenvalue weighted by atomic mass is 79.9. The van der Waals surface area contributed by atoms with Crippen LogP contribution in [-0.2, 0) is 14.4 Å². The highest BCUT2D eigenvalue weighted by molar-refractivity contribution is 9.10. The molecule has 0 aromatic heterocycles. The summed E-state index contributed by atoms with van der Waals surface area (Å²) in [6.45, 7) is 7.96. The van der Waals surface area contributed by atoms with Crippen LogP contribution in [0.15, 0.2) is 53.0 Å². The summed E-state index contributed by atoms with van der Waals surface area (Å²) in [5, 5.41) is 5.48. The lowest BCUT2D eigenvalue weighted by atomic mass is 10.0. The van der Waals surface area contributed by atoms with Crippen LogP contribution in [-0.4, -0.2) is 95.5 Å². The molecule has 0 bridgehead atoms. The lowest BCUT2D eigenvalue weighted by Crippen LogP contribution is -2.57. The molecule has 10 nitrogen and oxygen atoms in total. The first kappa shape index (κ1) is 34.8. The molecule has 2 saturated heterocycles. The SMILES string of the molecule is CC(C)C[C@@H](NC(=O)c1cc(Br)ccc1OC(F)C(=O)NC1(C)CC1)C(=O)N1CCC[C@@H]1C(=O)N1CCN(C)[C@@H](c2ccccc2)C1. The average Bonchev–Trinajstić information content (AvgIpc) is 3.56. The fourth-order valence-electron chi connectivity index (χ4n) is 6.35. The number of carbonyl (C=O) groups excluding carboxylic acids is 4. The Kier molecular flexibility index (Phi) is 10.9. The second-order valence-electron chi connectivity index (χ2n) is 13.7. The summed E-state index contributed by atoms with van der Waals surface area (Å²) >= 11 is 3.35. The minimum Gasteiger partial charge on any atom is -0.451 e. The fraction of sp³-hybridized carbons (Fsp3) is 0.543. The Balaban J connectivity index is 1.29. The Morgan fingerprint density at radius 2 is 1.79 bits per heavy atom. The summed E-state index contributed by atoms with van der Waals surface area (Å²) in [5.74, 6) is -2.03. The highest BCUT2D eigenvalue weighted by Gasteiger charge is 2.42. The van der Waals surface area contributed by atoms with E-state index in [1.165, 1.54) is 12.1 Å². The van der Waals surface area contributed by atoms with Gasteiger partial charge in [-0.05, 0) is 75.8 Å². The van der Waals surface area contributed by atoms with Gasteiger partial charge in [-0.15, -0.1) is 0 Å². The predicted octanol–water partition coefficient (Wildman–Crippen LogP) is 4.44. The Morgan fingerprint density at radius 1 is 1.06 bits per heavy atom. The van der Waals surface area contributed by atoms with Crippen LogP contribution in [0.4, 0.5) is 4.39 Å². The topological polar surface area (TPSA) is 111 Å². The van der Waals surface area contributed by atoms with Gasteiger partial charge in [0.1, 0.15) is 17.8 Å². The van der Waals surface area contributed by atoms with Crippen molar-refractivity contribution in [2.75, 3.05) is 33.2 Å². The van der Waals surface area contributed by atoms with E-state index in [0.29, 0.717) is 43.4 Å². The molecular weight excluding hydrogens is 669 g/mol. The average molecular weight is 715 g/mol. The van der Waals surface area contributed by atoms with Crippen molar-refractivity contribution in [1.82, 2.24) is 25.3 Å². The van der Waals surface area contributed by atoms with Crippen molar-refractivity contribution in [3.05, 3.63) is 64.1 Å². The van der Waals surface area contributed by atoms with Crippen molar-refractivity contribution in [1.29, 1.82) is 0 Å². The maximum absolute atomic E-state index is 14.9. The van der Waals surface area contributed by atoms with Crippen molar-refractivity contribution in [2.24, 2.45) is 5.92 Å². The van der Waals surface area contributed by atoms with Crippen LogP contribution in [0.25, 0.3) is 0 Å². The summed E-state index contributed by atoms with van der Waals surface area (Å²) < 4.78 is 20.8. The largest absolute Gasteiger partial charge is 0.451 e. The number of halogens is 2. The van der Waals surface area contributed by atoms with E-state index in [1.807, 2.05) is 43.9 Å². The maximum Gasteiger partial charge on any atom is 0.316 e. The van der Waals surface area contributed by atoms with E-state index in [4.69, 9.17) is 4.74 Å². The van der Waals surface area contributed by atoms with E-state index in [-0.39, 0.29) is 35.1 Å². The number of nitrogens with zero attached hydrogens (tertiary/aromatic N) is 3. The Hall–Kier alpha value is -3.51. The summed E-state index contributed by atoms with van der Waals surface area (Å²) in [6, 6.07) is 13.1. The molecule has 4 atom stereocenters. The van der Waals surface area contributed by atoms with Crippen molar-refractivity contribution < 1.29 is 28.3 Å². The normalized spacial score (nSPS) is 22.0. The number of benzene rings is 2. The molecule has 3 fully saturated rings. The van der Waals surface area contributed by atoms with Crippen LogP contribution >= 0.6 is 15.9 Å². The third-order valence-corrected chi connectivity index (χ3v) is 9.82. The number of nitrogens with one attached hydrogen (secondary N) is 2. The molecule has 3 aliphatic rings. The molecule has 2 aromatic carbocycles. The minimum atomic E-state index is -2.32. The van der Waals surface area contributed by atoms with Crippen LogP contribution in [0, 0.1) is 5.92 Å². The molecule has 2 aliphatic heterocycles. The van der Waals surface area contributed by atoms with Gasteiger partial charge in [-0.25, -0.2) is 0 Å². The summed E-state index contributed by atoms with van der Waals surface area (Å²) in [5.41, 5.74) is 0.685. The number of likely N-dealkylation sites (tertiary alicyclic amines) is 1. The third kappa shape index (κ3) is 8.51. The number of hydrogen-bond acceptors (Lipinski definition) is 6. The van der Waals surface area contributed by atoms with E-state index in [9.17, 15) is 23.6 Å². The fourth-order valence-corrected chi connectivity index (χ4v) is 6.71. The molecule has 5 rings (SSSR count). The van der Waals surface area contributed by atoms with Crippen molar-refractivity contribution in [3.63, 3.8) is 0 Å². The molecule has 2 aromatic rings. The van der Waals surface area contributed by atoms with E-state index in [1.54, 1.807) is 11.0 Å². The maximum atomic E-state index is 14.9. The molecule has 254 valence electrons. The van der Waals surface area contributed by atoms with Gasteiger partial charge in [0.05, 0.1) is 11.6 Å². The molecule has 12 heteroatoms. The quantitative estimate of drug-likeness (QED) is 0.356. The molecule has 0 radical (unpaired) electrons. The first-order valence-corrected chi connectivity index (χ1v) is 17.2. The van der Waals surface area contributed by atoms with Crippen molar-refractivity contribution in [2.45, 2.75) is 82.9 Å². The summed E-state index contributed by atoms with van der Waals surface area (Å²) in [6.07, 6.45) is 0.774. The molecule has 2 heterocycles. The van der Waals surface area contributed by atoms with Crippen LogP contribution in [0.2, 0.25) is 0 Å². The van der Waals surface area contributed by atoms with Gasteiger partial charge >= 0.3 is 6.36 Å². The summed E-state index contributed by atoms with van der Waals surface area (Å²) in [7, 11) is 2.06. The molecule has 1 unspecified atom stereocenters. The molecular formula is C35H45BrFN5O5. The van der Waals surface area contributed by atoms with Gasteiger partial charge in [0.2, 0.25) is 11.8 Å². The number of hydrogen-bond donors (Lipinski definition) is 2. The molecule has 1 saturated carbocycles. The minimum absolute atomic E-state index is 0.0209. The number of piperazine rings is 1.